The van der Waals surface area contributed by atoms with Crippen LogP contribution in [0.2, 0.25) is 5.02 Å². The van der Waals surface area contributed by atoms with Gasteiger partial charge in [-0.1, -0.05) is 11.6 Å². The van der Waals surface area contributed by atoms with Crippen LogP contribution in [0.25, 0.3) is 0 Å². The minimum absolute atomic E-state index is 0.00837. The van der Waals surface area contributed by atoms with Crippen LogP contribution in [-0.4, -0.2) is 18.1 Å². The third kappa shape index (κ3) is 5.06. The van der Waals surface area contributed by atoms with Crippen molar-refractivity contribution in [2.45, 2.75) is 26.4 Å². The normalized spacial score (nSPS) is 11.3. The molecule has 4 nitrogen and oxygen atoms in total. The molecule has 1 amide bonds. The van der Waals surface area contributed by atoms with Gasteiger partial charge in [-0.25, -0.2) is 0 Å². The van der Waals surface area contributed by atoms with Crippen LogP contribution in [-0.2, 0) is 9.53 Å². The van der Waals surface area contributed by atoms with Crippen LogP contribution in [0.15, 0.2) is 18.2 Å². The van der Waals surface area contributed by atoms with Crippen LogP contribution in [0, 0.1) is 0 Å². The molecule has 0 spiro atoms. The zero-order chi connectivity index (χ0) is 13.1. The zero-order valence-corrected chi connectivity index (χ0v) is 11.0. The fourth-order valence-electron chi connectivity index (χ4n) is 1.12. The van der Waals surface area contributed by atoms with E-state index in [1.54, 1.807) is 18.2 Å². The van der Waals surface area contributed by atoms with Gasteiger partial charge in [0, 0.05) is 5.02 Å². The molecule has 0 atom stereocenters. The first-order chi connectivity index (χ1) is 7.78. The number of rotatable bonds is 3. The van der Waals surface area contributed by atoms with Gasteiger partial charge in [0.15, 0.2) is 0 Å². The Labute approximate surface area is 106 Å². The number of ether oxygens (including phenoxy) is 1. The molecule has 1 aromatic carbocycles. The summed E-state index contributed by atoms with van der Waals surface area (Å²) in [7, 11) is 0. The summed E-state index contributed by atoms with van der Waals surface area (Å²) in [4.78, 5) is 11.6. The number of anilines is 2. The van der Waals surface area contributed by atoms with E-state index in [1.165, 1.54) is 0 Å². The number of hydrogen-bond donors (Lipinski definition) is 2. The van der Waals surface area contributed by atoms with Gasteiger partial charge in [-0.2, -0.15) is 0 Å². The maximum absolute atomic E-state index is 11.6. The molecule has 0 aliphatic heterocycles. The Hall–Kier alpha value is -1.26. The van der Waals surface area contributed by atoms with Gasteiger partial charge in [-0.3, -0.25) is 4.79 Å². The monoisotopic (exact) mass is 256 g/mol. The largest absolute Gasteiger partial charge is 0.397 e. The topological polar surface area (TPSA) is 64.3 Å². The predicted molar refractivity (Wildman–Crippen MR) is 70.2 cm³/mol. The Morgan fingerprint density at radius 3 is 2.65 bits per heavy atom. The Kier molecular flexibility index (Phi) is 4.37. The SMILES string of the molecule is CC(C)(C)OCC(=O)Nc1ccc(Cl)cc1N. The summed E-state index contributed by atoms with van der Waals surface area (Å²) in [6.45, 7) is 5.65. The van der Waals surface area contributed by atoms with Gasteiger partial charge >= 0.3 is 0 Å². The molecule has 0 aromatic heterocycles. The van der Waals surface area contributed by atoms with Gasteiger partial charge < -0.3 is 15.8 Å². The second-order valence-electron chi connectivity index (χ2n) is 4.68. The summed E-state index contributed by atoms with van der Waals surface area (Å²) in [5.41, 5.74) is 6.34. The van der Waals surface area contributed by atoms with E-state index in [0.29, 0.717) is 16.4 Å². The van der Waals surface area contributed by atoms with Crippen molar-refractivity contribution in [1.82, 2.24) is 0 Å². The van der Waals surface area contributed by atoms with Crippen molar-refractivity contribution in [3.8, 4) is 0 Å². The number of hydrogen-bond acceptors (Lipinski definition) is 3. The molecule has 0 radical (unpaired) electrons. The summed E-state index contributed by atoms with van der Waals surface area (Å²) >= 11 is 5.76. The molecule has 0 fully saturated rings. The van der Waals surface area contributed by atoms with E-state index >= 15 is 0 Å². The summed E-state index contributed by atoms with van der Waals surface area (Å²) < 4.78 is 5.35. The molecule has 0 saturated carbocycles. The van der Waals surface area contributed by atoms with E-state index < -0.39 is 0 Å². The van der Waals surface area contributed by atoms with Crippen LogP contribution in [0.4, 0.5) is 11.4 Å². The highest BCUT2D eigenvalue weighted by Crippen LogP contribution is 2.22. The molecule has 0 bridgehead atoms. The Balaban J connectivity index is 2.57. The maximum atomic E-state index is 11.6. The number of amides is 1. The lowest BCUT2D eigenvalue weighted by atomic mass is 10.2. The molecule has 1 rings (SSSR count). The molecule has 0 unspecified atom stereocenters. The maximum Gasteiger partial charge on any atom is 0.250 e. The van der Waals surface area contributed by atoms with Crippen LogP contribution in [0.3, 0.4) is 0 Å². The summed E-state index contributed by atoms with van der Waals surface area (Å²) in [5, 5.41) is 3.20. The molecule has 0 heterocycles. The minimum Gasteiger partial charge on any atom is -0.397 e. The highest BCUT2D eigenvalue weighted by molar-refractivity contribution is 6.31. The highest BCUT2D eigenvalue weighted by atomic mass is 35.5. The van der Waals surface area contributed by atoms with Crippen molar-refractivity contribution in [1.29, 1.82) is 0 Å². The van der Waals surface area contributed by atoms with Crippen molar-refractivity contribution < 1.29 is 9.53 Å². The van der Waals surface area contributed by atoms with Crippen molar-refractivity contribution >= 4 is 28.9 Å². The van der Waals surface area contributed by atoms with E-state index in [-0.39, 0.29) is 18.1 Å². The lowest BCUT2D eigenvalue weighted by Gasteiger charge is -2.19. The van der Waals surface area contributed by atoms with E-state index in [0.717, 1.165) is 0 Å². The third-order valence-electron chi connectivity index (χ3n) is 1.92. The average molecular weight is 257 g/mol. The summed E-state index contributed by atoms with van der Waals surface area (Å²) in [6, 6.07) is 4.91. The van der Waals surface area contributed by atoms with Crippen molar-refractivity contribution in [2.24, 2.45) is 0 Å². The first kappa shape index (κ1) is 13.8. The third-order valence-corrected chi connectivity index (χ3v) is 2.16. The molecule has 0 aliphatic rings. The molecule has 5 heteroatoms. The van der Waals surface area contributed by atoms with E-state index in [1.807, 2.05) is 20.8 Å². The van der Waals surface area contributed by atoms with Crippen molar-refractivity contribution in [3.05, 3.63) is 23.2 Å². The number of nitrogens with two attached hydrogens (primary N) is 1. The van der Waals surface area contributed by atoms with Gasteiger partial charge in [0.05, 0.1) is 17.0 Å². The van der Waals surface area contributed by atoms with Gasteiger partial charge in [0.25, 0.3) is 0 Å². The molecular formula is C12H17ClN2O2. The summed E-state index contributed by atoms with van der Waals surface area (Å²) in [6.07, 6.45) is 0. The van der Waals surface area contributed by atoms with Gasteiger partial charge in [-0.05, 0) is 39.0 Å². The van der Waals surface area contributed by atoms with Gasteiger partial charge in [0.2, 0.25) is 5.91 Å². The number of halogens is 1. The predicted octanol–water partition coefficient (Wildman–Crippen LogP) is 2.68. The second kappa shape index (κ2) is 5.38. The summed E-state index contributed by atoms with van der Waals surface area (Å²) in [5.74, 6) is -0.242. The van der Waals surface area contributed by atoms with Crippen LogP contribution in [0.5, 0.6) is 0 Å². The first-order valence-corrected chi connectivity index (χ1v) is 5.64. The van der Waals surface area contributed by atoms with E-state index in [4.69, 9.17) is 22.1 Å². The van der Waals surface area contributed by atoms with Crippen LogP contribution >= 0.6 is 11.6 Å². The number of carbonyl (C=O) groups excluding carboxylic acids is 1. The molecule has 1 aromatic rings. The second-order valence-corrected chi connectivity index (χ2v) is 5.12. The van der Waals surface area contributed by atoms with Crippen molar-refractivity contribution in [3.63, 3.8) is 0 Å². The van der Waals surface area contributed by atoms with Crippen LogP contribution < -0.4 is 11.1 Å². The number of benzene rings is 1. The number of nitrogen functional groups attached to an aromatic ring is 1. The van der Waals surface area contributed by atoms with E-state index in [2.05, 4.69) is 5.32 Å². The molecule has 17 heavy (non-hydrogen) atoms. The quantitative estimate of drug-likeness (QED) is 0.818. The fraction of sp³-hybridized carbons (Fsp3) is 0.417. The van der Waals surface area contributed by atoms with E-state index in [9.17, 15) is 4.79 Å². The Bertz CT molecular complexity index is 413. The average Bonchev–Trinajstić information content (AvgIpc) is 2.18. The van der Waals surface area contributed by atoms with Crippen molar-refractivity contribution in [2.75, 3.05) is 17.7 Å². The minimum atomic E-state index is -0.344. The molecular weight excluding hydrogens is 240 g/mol. The van der Waals surface area contributed by atoms with Gasteiger partial charge in [-0.15, -0.1) is 0 Å². The molecule has 0 aliphatic carbocycles. The molecule has 0 saturated heterocycles. The zero-order valence-electron chi connectivity index (χ0n) is 10.2. The van der Waals surface area contributed by atoms with Crippen LogP contribution in [0.1, 0.15) is 20.8 Å². The number of carbonyl (C=O) groups is 1. The van der Waals surface area contributed by atoms with Gasteiger partial charge in [0.1, 0.15) is 6.61 Å². The Morgan fingerprint density at radius 2 is 2.12 bits per heavy atom. The highest BCUT2D eigenvalue weighted by Gasteiger charge is 2.13. The Morgan fingerprint density at radius 1 is 1.47 bits per heavy atom. The molecule has 3 N–H and O–H groups in total. The first-order valence-electron chi connectivity index (χ1n) is 5.27. The fourth-order valence-corrected chi connectivity index (χ4v) is 1.30. The standard InChI is InChI=1S/C12H17ClN2O2/c1-12(2,3)17-7-11(16)15-10-5-4-8(13)6-9(10)14/h4-6H,7,14H2,1-3H3,(H,15,16). The lowest BCUT2D eigenvalue weighted by Crippen LogP contribution is -2.27. The smallest absolute Gasteiger partial charge is 0.250 e. The lowest BCUT2D eigenvalue weighted by molar-refractivity contribution is -0.125. The molecule has 94 valence electrons. The number of nitrogens with one attached hydrogen (secondary N) is 1.